The van der Waals surface area contributed by atoms with Crippen LogP contribution in [0.5, 0.6) is 11.5 Å². The number of thiophene rings is 1. The zero-order valence-corrected chi connectivity index (χ0v) is 13.1. The fraction of sp³-hybridized carbons (Fsp3) is 0. The van der Waals surface area contributed by atoms with Crippen LogP contribution in [0.4, 0.5) is 5.69 Å². The number of anilines is 1. The Kier molecular flexibility index (Phi) is 2.98. The highest BCUT2D eigenvalue weighted by Gasteiger charge is 2.36. The summed E-state index contributed by atoms with van der Waals surface area (Å²) in [5, 5.41) is 22.5. The van der Waals surface area contributed by atoms with E-state index in [4.69, 9.17) is 5.73 Å². The van der Waals surface area contributed by atoms with E-state index in [1.807, 2.05) is 11.4 Å². The molecule has 0 bridgehead atoms. The van der Waals surface area contributed by atoms with Crippen molar-refractivity contribution in [3.05, 3.63) is 64.0 Å². The van der Waals surface area contributed by atoms with Gasteiger partial charge in [-0.3, -0.25) is 9.59 Å². The first kappa shape index (κ1) is 14.5. The molecular formula is C18H11NO4S. The Hall–Kier alpha value is -3.12. The Morgan fingerprint density at radius 1 is 0.875 bits per heavy atom. The van der Waals surface area contributed by atoms with E-state index in [2.05, 4.69) is 0 Å². The molecule has 2 aromatic carbocycles. The minimum absolute atomic E-state index is 0.0177. The lowest BCUT2D eigenvalue weighted by Gasteiger charge is -2.22. The molecule has 5 nitrogen and oxygen atoms in total. The predicted molar refractivity (Wildman–Crippen MR) is 90.8 cm³/mol. The Morgan fingerprint density at radius 3 is 2.38 bits per heavy atom. The highest BCUT2D eigenvalue weighted by molar-refractivity contribution is 7.13. The van der Waals surface area contributed by atoms with E-state index in [1.165, 1.54) is 35.6 Å². The first-order chi connectivity index (χ1) is 11.5. The largest absolute Gasteiger partial charge is 0.507 e. The van der Waals surface area contributed by atoms with Crippen molar-refractivity contribution in [2.75, 3.05) is 5.73 Å². The molecule has 4 rings (SSSR count). The summed E-state index contributed by atoms with van der Waals surface area (Å²) in [4.78, 5) is 26.3. The molecular weight excluding hydrogens is 326 g/mol. The van der Waals surface area contributed by atoms with Crippen LogP contribution >= 0.6 is 11.3 Å². The summed E-state index contributed by atoms with van der Waals surface area (Å²) in [6.07, 6.45) is 0. The van der Waals surface area contributed by atoms with E-state index in [0.717, 1.165) is 4.88 Å². The van der Waals surface area contributed by atoms with Gasteiger partial charge in [-0.2, -0.15) is 0 Å². The summed E-state index contributed by atoms with van der Waals surface area (Å²) < 4.78 is 0. The van der Waals surface area contributed by atoms with Gasteiger partial charge in [0, 0.05) is 21.7 Å². The summed E-state index contributed by atoms with van der Waals surface area (Å²) in [7, 11) is 0. The fourth-order valence-electron chi connectivity index (χ4n) is 3.01. The lowest BCUT2D eigenvalue weighted by Crippen LogP contribution is -2.23. The molecule has 1 aromatic heterocycles. The van der Waals surface area contributed by atoms with E-state index < -0.39 is 11.6 Å². The number of fused-ring (bicyclic) bond motifs is 2. The van der Waals surface area contributed by atoms with E-state index >= 15 is 0 Å². The zero-order chi connectivity index (χ0) is 17.0. The number of nitrogen functional groups attached to an aromatic ring is 1. The highest BCUT2D eigenvalue weighted by Crippen LogP contribution is 2.44. The summed E-state index contributed by atoms with van der Waals surface area (Å²) in [6.45, 7) is 0. The maximum absolute atomic E-state index is 12.8. The first-order valence-corrected chi connectivity index (χ1v) is 7.99. The van der Waals surface area contributed by atoms with Crippen molar-refractivity contribution in [2.45, 2.75) is 0 Å². The standard InChI is InChI=1S/C18H11NO4S/c19-10-7-9(12-5-2-6-24-12)17(22)15-14(10)16(21)8-3-1-4-11(20)13(8)18(15)23/h1-7,20,22H,19H2. The van der Waals surface area contributed by atoms with Gasteiger partial charge in [-0.25, -0.2) is 0 Å². The maximum Gasteiger partial charge on any atom is 0.202 e. The Bertz CT molecular complexity index is 1020. The average molecular weight is 337 g/mol. The van der Waals surface area contributed by atoms with Gasteiger partial charge < -0.3 is 15.9 Å². The normalized spacial score (nSPS) is 12.8. The Balaban J connectivity index is 2.07. The van der Waals surface area contributed by atoms with Crippen molar-refractivity contribution in [1.29, 1.82) is 0 Å². The second-order valence-electron chi connectivity index (χ2n) is 5.45. The molecule has 1 heterocycles. The molecule has 3 aromatic rings. The number of carbonyl (C=O) groups is 2. The van der Waals surface area contributed by atoms with Crippen LogP contribution in [-0.4, -0.2) is 21.8 Å². The van der Waals surface area contributed by atoms with Crippen LogP contribution in [0, 0.1) is 0 Å². The number of nitrogens with two attached hydrogens (primary N) is 1. The van der Waals surface area contributed by atoms with Crippen LogP contribution in [0.2, 0.25) is 0 Å². The SMILES string of the molecule is Nc1cc(-c2cccs2)c(O)c2c1C(=O)c1cccc(O)c1C2=O. The van der Waals surface area contributed by atoms with Crippen LogP contribution in [0.25, 0.3) is 10.4 Å². The zero-order valence-electron chi connectivity index (χ0n) is 12.2. The molecule has 6 heteroatoms. The van der Waals surface area contributed by atoms with E-state index in [0.29, 0.717) is 5.56 Å². The molecule has 0 atom stereocenters. The van der Waals surface area contributed by atoms with Gasteiger partial charge in [0.15, 0.2) is 5.78 Å². The van der Waals surface area contributed by atoms with Crippen LogP contribution < -0.4 is 5.73 Å². The van der Waals surface area contributed by atoms with Crippen molar-refractivity contribution in [2.24, 2.45) is 0 Å². The molecule has 0 fully saturated rings. The van der Waals surface area contributed by atoms with E-state index in [-0.39, 0.29) is 39.4 Å². The molecule has 4 N–H and O–H groups in total. The lowest BCUT2D eigenvalue weighted by atomic mass is 9.81. The number of hydrogen-bond acceptors (Lipinski definition) is 6. The minimum Gasteiger partial charge on any atom is -0.507 e. The van der Waals surface area contributed by atoms with Gasteiger partial charge in [0.25, 0.3) is 0 Å². The van der Waals surface area contributed by atoms with Gasteiger partial charge >= 0.3 is 0 Å². The van der Waals surface area contributed by atoms with Gasteiger partial charge in [-0.1, -0.05) is 18.2 Å². The van der Waals surface area contributed by atoms with E-state index in [1.54, 1.807) is 6.07 Å². The average Bonchev–Trinajstić information content (AvgIpc) is 3.08. The second-order valence-corrected chi connectivity index (χ2v) is 6.39. The third kappa shape index (κ3) is 1.80. The van der Waals surface area contributed by atoms with Crippen molar-refractivity contribution in [3.8, 4) is 21.9 Å². The van der Waals surface area contributed by atoms with Crippen molar-refractivity contribution >= 4 is 28.6 Å². The smallest absolute Gasteiger partial charge is 0.202 e. The Morgan fingerprint density at radius 2 is 1.67 bits per heavy atom. The quantitative estimate of drug-likeness (QED) is 0.366. The number of ketones is 2. The highest BCUT2D eigenvalue weighted by atomic mass is 32.1. The molecule has 24 heavy (non-hydrogen) atoms. The number of carbonyl (C=O) groups excluding carboxylic acids is 2. The summed E-state index contributed by atoms with van der Waals surface area (Å²) in [5.74, 6) is -1.69. The van der Waals surface area contributed by atoms with E-state index in [9.17, 15) is 19.8 Å². The molecule has 0 radical (unpaired) electrons. The van der Waals surface area contributed by atoms with Gasteiger partial charge in [0.05, 0.1) is 16.7 Å². The van der Waals surface area contributed by atoms with Gasteiger partial charge in [-0.05, 0) is 23.6 Å². The van der Waals surface area contributed by atoms with Crippen LogP contribution in [0.15, 0.2) is 41.8 Å². The Labute approximate surface area is 140 Å². The molecule has 118 valence electrons. The molecule has 1 aliphatic carbocycles. The maximum atomic E-state index is 12.8. The predicted octanol–water partition coefficient (Wildman–Crippen LogP) is 3.18. The summed E-state index contributed by atoms with van der Waals surface area (Å²) in [6, 6.07) is 9.37. The van der Waals surface area contributed by atoms with Crippen molar-refractivity contribution < 1.29 is 19.8 Å². The minimum atomic E-state index is -0.611. The number of phenolic OH excluding ortho intramolecular Hbond substituents is 2. The fourth-order valence-corrected chi connectivity index (χ4v) is 3.75. The van der Waals surface area contributed by atoms with Crippen molar-refractivity contribution in [1.82, 2.24) is 0 Å². The molecule has 0 saturated carbocycles. The van der Waals surface area contributed by atoms with Crippen LogP contribution in [0.3, 0.4) is 0 Å². The summed E-state index contributed by atoms with van der Waals surface area (Å²) in [5.41, 5.74) is 6.35. The molecule has 1 aliphatic rings. The number of hydrogen-bond donors (Lipinski definition) is 3. The lowest BCUT2D eigenvalue weighted by molar-refractivity contribution is 0.0975. The van der Waals surface area contributed by atoms with Crippen molar-refractivity contribution in [3.63, 3.8) is 0 Å². The topological polar surface area (TPSA) is 101 Å². The third-order valence-electron chi connectivity index (χ3n) is 4.09. The van der Waals surface area contributed by atoms with Crippen LogP contribution in [0.1, 0.15) is 31.8 Å². The number of aromatic hydroxyl groups is 2. The summed E-state index contributed by atoms with van der Waals surface area (Å²) >= 11 is 1.38. The third-order valence-corrected chi connectivity index (χ3v) is 4.99. The van der Waals surface area contributed by atoms with Crippen LogP contribution in [-0.2, 0) is 0 Å². The number of benzene rings is 2. The first-order valence-electron chi connectivity index (χ1n) is 7.11. The molecule has 0 amide bonds. The molecule has 0 aliphatic heterocycles. The van der Waals surface area contributed by atoms with Gasteiger partial charge in [0.2, 0.25) is 5.78 Å². The number of rotatable bonds is 1. The molecule has 0 spiro atoms. The van der Waals surface area contributed by atoms with Gasteiger partial charge in [0.1, 0.15) is 11.5 Å². The second kappa shape index (κ2) is 4.94. The number of phenols is 2. The molecule has 0 unspecified atom stereocenters. The monoisotopic (exact) mass is 337 g/mol. The van der Waals surface area contributed by atoms with Gasteiger partial charge in [-0.15, -0.1) is 11.3 Å². The molecule has 0 saturated heterocycles.